The van der Waals surface area contributed by atoms with Crippen LogP contribution in [0.2, 0.25) is 0 Å². The van der Waals surface area contributed by atoms with Crippen LogP contribution in [0.3, 0.4) is 0 Å². The van der Waals surface area contributed by atoms with Crippen LogP contribution in [-0.4, -0.2) is 24.7 Å². The van der Waals surface area contributed by atoms with Gasteiger partial charge >= 0.3 is 5.97 Å². The van der Waals surface area contributed by atoms with Crippen LogP contribution in [0.25, 0.3) is 10.9 Å². The molecule has 0 aliphatic carbocycles. The average molecular weight is 386 g/mol. The van der Waals surface area contributed by atoms with E-state index in [0.717, 1.165) is 9.09 Å². The Morgan fingerprint density at radius 3 is 2.70 bits per heavy atom. The maximum Gasteiger partial charge on any atom is 0.311 e. The van der Waals surface area contributed by atoms with Gasteiger partial charge in [0, 0.05) is 24.1 Å². The maximum atomic E-state index is 12.4. The summed E-state index contributed by atoms with van der Waals surface area (Å²) in [5, 5.41) is 2.35. The van der Waals surface area contributed by atoms with Crippen molar-refractivity contribution >= 4 is 39.5 Å². The van der Waals surface area contributed by atoms with Crippen molar-refractivity contribution in [3.63, 3.8) is 0 Å². The minimum absolute atomic E-state index is 0.0556. The highest BCUT2D eigenvalue weighted by atomic mass is 127. The summed E-state index contributed by atoms with van der Waals surface area (Å²) in [4.78, 5) is 23.8. The van der Waals surface area contributed by atoms with E-state index in [4.69, 9.17) is 4.74 Å². The number of ether oxygens (including phenoxy) is 1. The zero-order valence-corrected chi connectivity index (χ0v) is 13.7. The molecule has 106 valence electrons. The van der Waals surface area contributed by atoms with Crippen molar-refractivity contribution in [2.75, 3.05) is 19.1 Å². The summed E-state index contributed by atoms with van der Waals surface area (Å²) in [7, 11) is 3.71. The number of hydrogen-bond donors (Lipinski definition) is 0. The zero-order chi connectivity index (χ0) is 14.9. The average Bonchev–Trinajstić information content (AvgIpc) is 2.41. The topological polar surface area (TPSA) is 51.5 Å². The monoisotopic (exact) mass is 386 g/mol. The second-order valence-electron chi connectivity index (χ2n) is 4.50. The fraction of sp³-hybridized carbons (Fsp3) is 0.286. The summed E-state index contributed by atoms with van der Waals surface area (Å²) in [5.41, 5.74) is 0.509. The molecule has 6 heteroatoms. The van der Waals surface area contributed by atoms with Gasteiger partial charge in [0.15, 0.2) is 5.75 Å². The third-order valence-electron chi connectivity index (χ3n) is 2.86. The Hall–Kier alpha value is -1.57. The van der Waals surface area contributed by atoms with Crippen LogP contribution in [0.1, 0.15) is 13.3 Å². The van der Waals surface area contributed by atoms with Gasteiger partial charge in [-0.1, -0.05) is 6.92 Å². The lowest BCUT2D eigenvalue weighted by molar-refractivity contribution is -0.134. The van der Waals surface area contributed by atoms with Crippen molar-refractivity contribution in [3.05, 3.63) is 38.2 Å². The summed E-state index contributed by atoms with van der Waals surface area (Å²) in [5.74, 6) is -0.363. The first kappa shape index (κ1) is 14.8. The van der Waals surface area contributed by atoms with Gasteiger partial charge in [0.25, 0.3) is 0 Å². The van der Waals surface area contributed by atoms with Crippen LogP contribution in [-0.2, 0) is 4.79 Å². The Bertz CT molecular complexity index is 722. The molecule has 0 N–H and O–H groups in total. The Morgan fingerprint density at radius 1 is 1.40 bits per heavy atom. The summed E-state index contributed by atoms with van der Waals surface area (Å²) >= 11 is 2.15. The minimum atomic E-state index is -0.419. The molecule has 0 spiro atoms. The van der Waals surface area contributed by atoms with Gasteiger partial charge in [0.2, 0.25) is 5.43 Å². The molecular formula is C14H15IN2O3. The lowest BCUT2D eigenvalue weighted by Gasteiger charge is -2.20. The molecule has 0 radical (unpaired) electrons. The molecule has 1 aromatic heterocycles. The van der Waals surface area contributed by atoms with Crippen LogP contribution in [0.4, 0.5) is 0 Å². The third-order valence-corrected chi connectivity index (χ3v) is 3.53. The van der Waals surface area contributed by atoms with Crippen molar-refractivity contribution in [2.45, 2.75) is 13.3 Å². The maximum absolute atomic E-state index is 12.4. The second kappa shape index (κ2) is 5.82. The molecule has 0 bridgehead atoms. The fourth-order valence-corrected chi connectivity index (χ4v) is 2.35. The normalized spacial score (nSPS) is 10.6. The lowest BCUT2D eigenvalue weighted by Crippen LogP contribution is -2.28. The van der Waals surface area contributed by atoms with E-state index in [1.807, 2.05) is 31.2 Å². The number of nitrogens with zero attached hydrogens (tertiary/aromatic N) is 2. The van der Waals surface area contributed by atoms with E-state index < -0.39 is 5.97 Å². The summed E-state index contributed by atoms with van der Waals surface area (Å²) in [6.07, 6.45) is 1.77. The van der Waals surface area contributed by atoms with Crippen molar-refractivity contribution in [2.24, 2.45) is 0 Å². The molecule has 1 aromatic carbocycles. The van der Waals surface area contributed by atoms with E-state index in [2.05, 4.69) is 22.6 Å². The number of rotatable bonds is 3. The van der Waals surface area contributed by atoms with E-state index in [1.165, 1.54) is 0 Å². The molecule has 5 nitrogen and oxygen atoms in total. The third kappa shape index (κ3) is 2.79. The smallest absolute Gasteiger partial charge is 0.311 e. The van der Waals surface area contributed by atoms with Gasteiger partial charge < -0.3 is 9.75 Å². The van der Waals surface area contributed by atoms with Crippen molar-refractivity contribution in [3.8, 4) is 5.75 Å². The number of fused-ring (bicyclic) bond motifs is 1. The molecule has 0 atom stereocenters. The van der Waals surface area contributed by atoms with Crippen molar-refractivity contribution < 1.29 is 9.53 Å². The van der Waals surface area contributed by atoms with E-state index in [0.29, 0.717) is 5.39 Å². The Kier molecular flexibility index (Phi) is 4.32. The Morgan fingerprint density at radius 2 is 2.10 bits per heavy atom. The number of benzene rings is 1. The summed E-state index contributed by atoms with van der Waals surface area (Å²) in [6, 6.07) is 5.60. The largest absolute Gasteiger partial charge is 0.421 e. The fourth-order valence-electron chi connectivity index (χ4n) is 1.86. The summed E-state index contributed by atoms with van der Waals surface area (Å²) < 4.78 is 7.87. The number of esters is 1. The first-order chi connectivity index (χ1) is 9.43. The Balaban J connectivity index is 2.74. The molecule has 1 heterocycles. The van der Waals surface area contributed by atoms with Crippen LogP contribution in [0.5, 0.6) is 5.75 Å². The molecule has 0 aliphatic heterocycles. The van der Waals surface area contributed by atoms with Gasteiger partial charge in [0.05, 0.1) is 17.1 Å². The van der Waals surface area contributed by atoms with Gasteiger partial charge in [-0.3, -0.25) is 14.3 Å². The highest BCUT2D eigenvalue weighted by Gasteiger charge is 2.13. The first-order valence-electron chi connectivity index (χ1n) is 6.17. The molecule has 20 heavy (non-hydrogen) atoms. The SMILES string of the molecule is CCC(=O)Oc1cn(N(C)C)c2ccc(I)cc2c1=O. The number of hydrogen-bond acceptors (Lipinski definition) is 4. The molecule has 0 unspecified atom stereocenters. The standard InChI is InChI=1S/C14H15IN2O3/c1-4-13(18)20-12-8-17(16(2)3)11-6-5-9(15)7-10(11)14(12)19/h5-8H,4H2,1-3H3. The molecule has 0 saturated carbocycles. The van der Waals surface area contributed by atoms with E-state index in [1.54, 1.807) is 23.9 Å². The van der Waals surface area contributed by atoms with Crippen LogP contribution in [0, 0.1) is 3.57 Å². The highest BCUT2D eigenvalue weighted by molar-refractivity contribution is 14.1. The molecule has 0 amide bonds. The Labute approximate surface area is 130 Å². The predicted molar refractivity (Wildman–Crippen MR) is 86.9 cm³/mol. The predicted octanol–water partition coefficient (Wildman–Crippen LogP) is 2.12. The molecule has 0 fully saturated rings. The van der Waals surface area contributed by atoms with E-state index >= 15 is 0 Å². The minimum Gasteiger partial charge on any atom is -0.421 e. The lowest BCUT2D eigenvalue weighted by atomic mass is 10.2. The van der Waals surface area contributed by atoms with Gasteiger partial charge in [-0.15, -0.1) is 0 Å². The first-order valence-corrected chi connectivity index (χ1v) is 7.25. The van der Waals surface area contributed by atoms with Crippen LogP contribution in [0.15, 0.2) is 29.2 Å². The summed E-state index contributed by atoms with van der Waals surface area (Å²) in [6.45, 7) is 1.69. The van der Waals surface area contributed by atoms with Gasteiger partial charge in [0.1, 0.15) is 0 Å². The highest BCUT2D eigenvalue weighted by Crippen LogP contribution is 2.18. The number of carbonyl (C=O) groups excluding carboxylic acids is 1. The number of aromatic nitrogens is 1. The van der Waals surface area contributed by atoms with Crippen molar-refractivity contribution in [1.29, 1.82) is 0 Å². The van der Waals surface area contributed by atoms with Gasteiger partial charge in [-0.05, 0) is 40.8 Å². The number of carbonyl (C=O) groups is 1. The molecular weight excluding hydrogens is 371 g/mol. The van der Waals surface area contributed by atoms with Crippen LogP contribution >= 0.6 is 22.6 Å². The van der Waals surface area contributed by atoms with Gasteiger partial charge in [-0.2, -0.15) is 0 Å². The molecule has 0 aliphatic rings. The number of pyridine rings is 1. The number of halogens is 1. The van der Waals surface area contributed by atoms with E-state index in [-0.39, 0.29) is 17.6 Å². The van der Waals surface area contributed by atoms with Gasteiger partial charge in [-0.25, -0.2) is 0 Å². The quantitative estimate of drug-likeness (QED) is 0.599. The molecule has 0 saturated heterocycles. The second-order valence-corrected chi connectivity index (χ2v) is 5.75. The zero-order valence-electron chi connectivity index (χ0n) is 11.5. The van der Waals surface area contributed by atoms with Crippen LogP contribution < -0.4 is 15.2 Å². The van der Waals surface area contributed by atoms with E-state index in [9.17, 15) is 9.59 Å². The van der Waals surface area contributed by atoms with Crippen molar-refractivity contribution in [1.82, 2.24) is 4.68 Å². The molecule has 2 aromatic rings. The molecule has 2 rings (SSSR count).